The topological polar surface area (TPSA) is 142 Å². The largest absolute Gasteiger partial charge is 0.505 e. The highest BCUT2D eigenvalue weighted by Crippen LogP contribution is 2.30. The van der Waals surface area contributed by atoms with Crippen molar-refractivity contribution in [2.24, 2.45) is 11.3 Å². The molecule has 3 N–H and O–H groups in total. The number of fused-ring (bicyclic) bond motifs is 1. The van der Waals surface area contributed by atoms with Gasteiger partial charge in [0, 0.05) is 38.3 Å². The number of carbonyl (C=O) groups excluding carboxylic acids is 2. The Balaban J connectivity index is 1.76. The Bertz CT molecular complexity index is 1560. The summed E-state index contributed by atoms with van der Waals surface area (Å²) in [5.74, 6) is -3.97. The average molecular weight is 581 g/mol. The van der Waals surface area contributed by atoms with Crippen LogP contribution in [0.3, 0.4) is 0 Å². The van der Waals surface area contributed by atoms with Crippen LogP contribution in [0.1, 0.15) is 68.4 Å². The molecule has 1 fully saturated rings. The molecule has 0 radical (unpaired) electrons. The number of nitrogens with zero attached hydrogens (tertiary/aromatic N) is 3. The maximum absolute atomic E-state index is 13.8. The lowest BCUT2D eigenvalue weighted by Crippen LogP contribution is -2.48. The number of carboxylic acid groups (broad SMARTS) is 1. The van der Waals surface area contributed by atoms with Crippen LogP contribution in [0, 0.1) is 17.2 Å². The van der Waals surface area contributed by atoms with Crippen molar-refractivity contribution in [3.8, 4) is 5.75 Å². The van der Waals surface area contributed by atoms with Crippen LogP contribution in [0.25, 0.3) is 11.0 Å². The highest BCUT2D eigenvalue weighted by molar-refractivity contribution is 6.01. The molecule has 4 rings (SSSR count). The van der Waals surface area contributed by atoms with Gasteiger partial charge in [-0.25, -0.2) is 4.39 Å². The lowest BCUT2D eigenvalue weighted by atomic mass is 9.76. The number of amides is 2. The van der Waals surface area contributed by atoms with Crippen LogP contribution in [0.2, 0.25) is 0 Å². The van der Waals surface area contributed by atoms with Crippen LogP contribution in [0.15, 0.2) is 41.3 Å². The standard InChI is InChI=1S/C31H37FN4O6/c1-18(25(30(41)42)31(2,3)4)34-28(39)24-27(38)26-22(16-20(17-33-26)15-19-8-10-21(32)11-9-19)36(29(24)40)14-13-35-12-6-5-7-23(35)37/h8-11,16-18,25,38H,5-7,12-15H2,1-4H3,(H,34,39)(H,41,42)/t18-,25?/m1/s1. The summed E-state index contributed by atoms with van der Waals surface area (Å²) in [4.78, 5) is 57.8. The summed E-state index contributed by atoms with van der Waals surface area (Å²) >= 11 is 0. The summed E-state index contributed by atoms with van der Waals surface area (Å²) in [6.07, 6.45) is 3.98. The second-order valence-electron chi connectivity index (χ2n) is 12.0. The summed E-state index contributed by atoms with van der Waals surface area (Å²) in [6, 6.07) is 6.80. The summed E-state index contributed by atoms with van der Waals surface area (Å²) in [5, 5.41) is 23.6. The molecule has 224 valence electrons. The van der Waals surface area contributed by atoms with Gasteiger partial charge < -0.3 is 25.0 Å². The summed E-state index contributed by atoms with van der Waals surface area (Å²) in [6.45, 7) is 7.60. The second kappa shape index (κ2) is 12.3. The van der Waals surface area contributed by atoms with E-state index in [9.17, 15) is 33.8 Å². The molecule has 2 aromatic heterocycles. The molecule has 3 aromatic rings. The molecule has 3 heterocycles. The minimum Gasteiger partial charge on any atom is -0.505 e. The van der Waals surface area contributed by atoms with Crippen molar-refractivity contribution < 1.29 is 29.0 Å². The van der Waals surface area contributed by atoms with Crippen molar-refractivity contribution in [1.29, 1.82) is 0 Å². The van der Waals surface area contributed by atoms with E-state index in [1.165, 1.54) is 22.9 Å². The van der Waals surface area contributed by atoms with Crippen molar-refractivity contribution in [2.45, 2.75) is 66.0 Å². The number of pyridine rings is 2. The SMILES string of the molecule is C[C@@H](NC(=O)c1c(O)c2ncc(Cc3ccc(F)cc3)cc2n(CCN2CCCCC2=O)c1=O)C(C(=O)O)C(C)(C)C. The molecule has 2 atom stereocenters. The highest BCUT2D eigenvalue weighted by atomic mass is 19.1. The van der Waals surface area contributed by atoms with Gasteiger partial charge in [0.05, 0.1) is 11.4 Å². The number of aromatic nitrogens is 2. The van der Waals surface area contributed by atoms with Gasteiger partial charge in [0.25, 0.3) is 11.5 Å². The van der Waals surface area contributed by atoms with Gasteiger partial charge in [-0.2, -0.15) is 0 Å². The van der Waals surface area contributed by atoms with Gasteiger partial charge >= 0.3 is 5.97 Å². The molecule has 1 saturated heterocycles. The maximum atomic E-state index is 13.8. The van der Waals surface area contributed by atoms with E-state index in [0.717, 1.165) is 18.4 Å². The molecular formula is C31H37FN4O6. The molecule has 0 saturated carbocycles. The Labute approximate surface area is 243 Å². The highest BCUT2D eigenvalue weighted by Gasteiger charge is 2.37. The number of rotatable bonds is 9. The van der Waals surface area contributed by atoms with Crippen LogP contribution in [0.5, 0.6) is 5.75 Å². The zero-order valence-electron chi connectivity index (χ0n) is 24.3. The number of likely N-dealkylation sites (tertiary alicyclic amines) is 1. The first kappa shape index (κ1) is 30.7. The summed E-state index contributed by atoms with van der Waals surface area (Å²) < 4.78 is 14.7. The van der Waals surface area contributed by atoms with Crippen molar-refractivity contribution in [3.05, 3.63) is 69.4 Å². The zero-order valence-corrected chi connectivity index (χ0v) is 24.3. The lowest BCUT2D eigenvalue weighted by Gasteiger charge is -2.32. The molecule has 11 heteroatoms. The Hall–Kier alpha value is -4.28. The number of nitrogens with one attached hydrogen (secondary N) is 1. The predicted molar refractivity (Wildman–Crippen MR) is 155 cm³/mol. The number of piperidine rings is 1. The molecule has 1 aromatic carbocycles. The third kappa shape index (κ3) is 6.61. The summed E-state index contributed by atoms with van der Waals surface area (Å²) in [7, 11) is 0. The Morgan fingerprint density at radius 1 is 1.10 bits per heavy atom. The first-order chi connectivity index (χ1) is 19.8. The Morgan fingerprint density at radius 3 is 2.40 bits per heavy atom. The van der Waals surface area contributed by atoms with Crippen LogP contribution >= 0.6 is 0 Å². The van der Waals surface area contributed by atoms with Crippen LogP contribution in [0.4, 0.5) is 4.39 Å². The molecule has 1 aliphatic rings. The average Bonchev–Trinajstić information content (AvgIpc) is 2.89. The predicted octanol–water partition coefficient (Wildman–Crippen LogP) is 3.71. The van der Waals surface area contributed by atoms with Gasteiger partial charge in [-0.15, -0.1) is 0 Å². The van der Waals surface area contributed by atoms with Crippen molar-refractivity contribution in [1.82, 2.24) is 19.8 Å². The normalized spacial score (nSPS) is 15.5. The molecule has 1 aliphatic heterocycles. The van der Waals surface area contributed by atoms with Gasteiger partial charge in [0.15, 0.2) is 5.75 Å². The van der Waals surface area contributed by atoms with E-state index in [4.69, 9.17) is 0 Å². The van der Waals surface area contributed by atoms with E-state index >= 15 is 0 Å². The van der Waals surface area contributed by atoms with Crippen LogP contribution < -0.4 is 10.9 Å². The number of carboxylic acids is 1. The number of benzene rings is 1. The number of halogens is 1. The quantitative estimate of drug-likeness (QED) is 0.350. The van der Waals surface area contributed by atoms with E-state index in [2.05, 4.69) is 10.3 Å². The molecule has 0 spiro atoms. The second-order valence-corrected chi connectivity index (χ2v) is 12.0. The lowest BCUT2D eigenvalue weighted by molar-refractivity contribution is -0.146. The first-order valence-corrected chi connectivity index (χ1v) is 14.1. The third-order valence-electron chi connectivity index (χ3n) is 7.76. The molecule has 1 unspecified atom stereocenters. The number of aliphatic carboxylic acids is 1. The molecule has 0 bridgehead atoms. The first-order valence-electron chi connectivity index (χ1n) is 14.1. The smallest absolute Gasteiger partial charge is 0.309 e. The molecule has 0 aliphatic carbocycles. The van der Waals surface area contributed by atoms with Gasteiger partial charge in [0.2, 0.25) is 5.91 Å². The van der Waals surface area contributed by atoms with Gasteiger partial charge in [0.1, 0.15) is 16.9 Å². The monoisotopic (exact) mass is 580 g/mol. The molecular weight excluding hydrogens is 543 g/mol. The van der Waals surface area contributed by atoms with Crippen molar-refractivity contribution in [3.63, 3.8) is 0 Å². The van der Waals surface area contributed by atoms with Crippen LogP contribution in [-0.2, 0) is 22.6 Å². The fourth-order valence-corrected chi connectivity index (χ4v) is 5.72. The summed E-state index contributed by atoms with van der Waals surface area (Å²) in [5.41, 5.74) is -0.223. The number of aromatic hydroxyl groups is 1. The number of hydrogen-bond acceptors (Lipinski definition) is 6. The van der Waals surface area contributed by atoms with Gasteiger partial charge in [-0.05, 0) is 60.9 Å². The Kier molecular flexibility index (Phi) is 8.98. The maximum Gasteiger partial charge on any atom is 0.309 e. The number of hydrogen-bond donors (Lipinski definition) is 3. The van der Waals surface area contributed by atoms with Gasteiger partial charge in [-0.3, -0.25) is 24.2 Å². The minimum atomic E-state index is -1.10. The van der Waals surface area contributed by atoms with Crippen LogP contribution in [-0.4, -0.2) is 61.6 Å². The molecule has 10 nitrogen and oxygen atoms in total. The van der Waals surface area contributed by atoms with E-state index in [-0.39, 0.29) is 35.8 Å². The fourth-order valence-electron chi connectivity index (χ4n) is 5.72. The number of carbonyl (C=O) groups is 3. The van der Waals surface area contributed by atoms with E-state index in [0.29, 0.717) is 24.9 Å². The molecule has 2 amide bonds. The Morgan fingerprint density at radius 2 is 1.79 bits per heavy atom. The van der Waals surface area contributed by atoms with Crippen molar-refractivity contribution >= 4 is 28.8 Å². The molecule has 42 heavy (non-hydrogen) atoms. The van der Waals surface area contributed by atoms with Crippen molar-refractivity contribution in [2.75, 3.05) is 13.1 Å². The van der Waals surface area contributed by atoms with E-state index in [1.54, 1.807) is 50.8 Å². The third-order valence-corrected chi connectivity index (χ3v) is 7.76. The van der Waals surface area contributed by atoms with E-state index < -0.39 is 46.1 Å². The van der Waals surface area contributed by atoms with Gasteiger partial charge in [-0.1, -0.05) is 32.9 Å². The zero-order chi connectivity index (χ0) is 30.8. The fraction of sp³-hybridized carbons (Fsp3) is 0.452. The van der Waals surface area contributed by atoms with E-state index in [1.807, 2.05) is 0 Å². The minimum absolute atomic E-state index is 0.0128.